The van der Waals surface area contributed by atoms with Crippen LogP contribution in [0, 0.1) is 0 Å². The van der Waals surface area contributed by atoms with Gasteiger partial charge in [-0.05, 0) is 17.7 Å². The topological polar surface area (TPSA) is 81.7 Å². The number of benzene rings is 2. The van der Waals surface area contributed by atoms with Crippen LogP contribution in [0.5, 0.6) is 0 Å². The van der Waals surface area contributed by atoms with Crippen molar-refractivity contribution in [2.75, 3.05) is 11.1 Å². The second-order valence-electron chi connectivity index (χ2n) is 5.95. The highest BCUT2D eigenvalue weighted by atomic mass is 35.5. The molecule has 26 heavy (non-hydrogen) atoms. The minimum absolute atomic E-state index is 0.504. The van der Waals surface area contributed by atoms with Crippen molar-refractivity contribution in [1.82, 2.24) is 19.7 Å². The van der Waals surface area contributed by atoms with Crippen LogP contribution in [-0.2, 0) is 13.6 Å². The number of halogens is 1. The maximum absolute atomic E-state index is 6.20. The fraction of sp³-hybridized carbons (Fsp3) is 0.105. The standard InChI is InChI=1S/C19H17ClN6/c1-26-17(21)15-16(13-7-9-14(20)10-8-13)23-19(24-18(15)25-26)22-11-12-5-3-2-4-6-12/h2-10H,11,21H2,1H3,(H,22,24,25). The van der Waals surface area contributed by atoms with E-state index in [2.05, 4.69) is 15.4 Å². The molecule has 0 aliphatic carbocycles. The van der Waals surface area contributed by atoms with Crippen molar-refractivity contribution in [2.24, 2.45) is 7.05 Å². The molecule has 0 aliphatic rings. The number of aryl methyl sites for hydroxylation is 1. The summed E-state index contributed by atoms with van der Waals surface area (Å²) < 4.78 is 1.61. The van der Waals surface area contributed by atoms with Crippen LogP contribution in [0.15, 0.2) is 54.6 Å². The van der Waals surface area contributed by atoms with Crippen LogP contribution < -0.4 is 11.1 Å². The van der Waals surface area contributed by atoms with Crippen LogP contribution in [0.2, 0.25) is 5.02 Å². The van der Waals surface area contributed by atoms with E-state index in [4.69, 9.17) is 22.3 Å². The summed E-state index contributed by atoms with van der Waals surface area (Å²) in [6.45, 7) is 0.620. The Kier molecular flexibility index (Phi) is 4.18. The van der Waals surface area contributed by atoms with Crippen LogP contribution in [0.1, 0.15) is 5.56 Å². The van der Waals surface area contributed by atoms with Gasteiger partial charge in [-0.25, -0.2) is 4.98 Å². The van der Waals surface area contributed by atoms with Gasteiger partial charge in [0.25, 0.3) is 0 Å². The first-order valence-electron chi connectivity index (χ1n) is 8.16. The zero-order valence-corrected chi connectivity index (χ0v) is 14.9. The Morgan fingerprint density at radius 2 is 1.77 bits per heavy atom. The highest BCUT2D eigenvalue weighted by Gasteiger charge is 2.17. The quantitative estimate of drug-likeness (QED) is 0.574. The summed E-state index contributed by atoms with van der Waals surface area (Å²) in [7, 11) is 1.79. The number of anilines is 2. The average molecular weight is 365 g/mol. The SMILES string of the molecule is Cn1nc2nc(NCc3ccccc3)nc(-c3ccc(Cl)cc3)c2c1N. The lowest BCUT2D eigenvalue weighted by atomic mass is 10.1. The molecule has 2 aromatic heterocycles. The smallest absolute Gasteiger partial charge is 0.225 e. The average Bonchev–Trinajstić information content (AvgIpc) is 2.95. The molecule has 0 fully saturated rings. The Labute approximate surface area is 155 Å². The molecule has 0 amide bonds. The third-order valence-electron chi connectivity index (χ3n) is 4.15. The first-order valence-corrected chi connectivity index (χ1v) is 8.53. The van der Waals surface area contributed by atoms with Crippen molar-refractivity contribution in [3.63, 3.8) is 0 Å². The Morgan fingerprint density at radius 3 is 2.50 bits per heavy atom. The first kappa shape index (κ1) is 16.4. The first-order chi connectivity index (χ1) is 12.6. The van der Waals surface area contributed by atoms with Gasteiger partial charge in [-0.2, -0.15) is 10.1 Å². The van der Waals surface area contributed by atoms with Gasteiger partial charge in [-0.3, -0.25) is 4.68 Å². The van der Waals surface area contributed by atoms with Crippen molar-refractivity contribution in [1.29, 1.82) is 0 Å². The zero-order valence-electron chi connectivity index (χ0n) is 14.1. The van der Waals surface area contributed by atoms with Gasteiger partial charge in [0.15, 0.2) is 5.65 Å². The molecule has 0 saturated heterocycles. The maximum atomic E-state index is 6.20. The third kappa shape index (κ3) is 3.07. The fourth-order valence-corrected chi connectivity index (χ4v) is 2.91. The molecule has 3 N–H and O–H groups in total. The monoisotopic (exact) mass is 364 g/mol. The van der Waals surface area contributed by atoms with Gasteiger partial charge in [0.2, 0.25) is 5.95 Å². The van der Waals surface area contributed by atoms with Crippen molar-refractivity contribution in [2.45, 2.75) is 6.54 Å². The summed E-state index contributed by atoms with van der Waals surface area (Å²) >= 11 is 6.02. The minimum Gasteiger partial charge on any atom is -0.383 e. The highest BCUT2D eigenvalue weighted by molar-refractivity contribution is 6.30. The molecule has 0 unspecified atom stereocenters. The highest BCUT2D eigenvalue weighted by Crippen LogP contribution is 2.31. The zero-order chi connectivity index (χ0) is 18.1. The van der Waals surface area contributed by atoms with Gasteiger partial charge < -0.3 is 11.1 Å². The van der Waals surface area contributed by atoms with Crippen molar-refractivity contribution >= 4 is 34.4 Å². The number of rotatable bonds is 4. The van der Waals surface area contributed by atoms with Gasteiger partial charge in [0, 0.05) is 24.2 Å². The van der Waals surface area contributed by atoms with Crippen LogP contribution in [0.4, 0.5) is 11.8 Å². The van der Waals surface area contributed by atoms with E-state index >= 15 is 0 Å². The van der Waals surface area contributed by atoms with E-state index < -0.39 is 0 Å². The molecule has 0 bridgehead atoms. The van der Waals surface area contributed by atoms with E-state index in [0.29, 0.717) is 29.0 Å². The molecule has 130 valence electrons. The maximum Gasteiger partial charge on any atom is 0.225 e. The molecule has 7 heteroatoms. The number of aromatic nitrogens is 4. The molecule has 4 aromatic rings. The lowest BCUT2D eigenvalue weighted by molar-refractivity contribution is 0.787. The number of hydrogen-bond donors (Lipinski definition) is 2. The Morgan fingerprint density at radius 1 is 1.04 bits per heavy atom. The molecule has 6 nitrogen and oxygen atoms in total. The van der Waals surface area contributed by atoms with Crippen LogP contribution in [0.25, 0.3) is 22.3 Å². The van der Waals surface area contributed by atoms with Gasteiger partial charge in [0.05, 0.1) is 11.1 Å². The van der Waals surface area contributed by atoms with Crippen LogP contribution in [0.3, 0.4) is 0 Å². The summed E-state index contributed by atoms with van der Waals surface area (Å²) in [5.41, 5.74) is 9.53. The minimum atomic E-state index is 0.504. The molecular weight excluding hydrogens is 348 g/mol. The molecule has 0 saturated carbocycles. The second kappa shape index (κ2) is 6.65. The Balaban J connectivity index is 1.79. The Hall–Kier alpha value is -3.12. The van der Waals surface area contributed by atoms with Crippen molar-refractivity contribution in [3.05, 3.63) is 65.2 Å². The normalized spacial score (nSPS) is 11.0. The van der Waals surface area contributed by atoms with Crippen LogP contribution in [-0.4, -0.2) is 19.7 Å². The largest absolute Gasteiger partial charge is 0.383 e. The number of nitrogen functional groups attached to an aromatic ring is 1. The molecule has 0 radical (unpaired) electrons. The van der Waals surface area contributed by atoms with Gasteiger partial charge in [-0.1, -0.05) is 54.1 Å². The van der Waals surface area contributed by atoms with Gasteiger partial charge in [0.1, 0.15) is 5.82 Å². The summed E-state index contributed by atoms with van der Waals surface area (Å²) in [6, 6.07) is 17.6. The summed E-state index contributed by atoms with van der Waals surface area (Å²) in [5.74, 6) is 1.03. The van der Waals surface area contributed by atoms with E-state index in [0.717, 1.165) is 22.2 Å². The fourth-order valence-electron chi connectivity index (χ4n) is 2.79. The molecule has 0 aliphatic heterocycles. The molecule has 4 rings (SSSR count). The number of nitrogens with zero attached hydrogens (tertiary/aromatic N) is 4. The van der Waals surface area contributed by atoms with E-state index in [1.807, 2.05) is 54.6 Å². The summed E-state index contributed by atoms with van der Waals surface area (Å²) in [5, 5.41) is 9.07. The lowest BCUT2D eigenvalue weighted by Gasteiger charge is -2.09. The molecule has 2 aromatic carbocycles. The molecule has 2 heterocycles. The molecular formula is C19H17ClN6. The van der Waals surface area contributed by atoms with Crippen LogP contribution >= 0.6 is 11.6 Å². The van der Waals surface area contributed by atoms with E-state index in [1.165, 1.54) is 0 Å². The second-order valence-corrected chi connectivity index (χ2v) is 6.39. The van der Waals surface area contributed by atoms with E-state index in [9.17, 15) is 0 Å². The lowest BCUT2D eigenvalue weighted by Crippen LogP contribution is -2.05. The van der Waals surface area contributed by atoms with Gasteiger partial charge in [-0.15, -0.1) is 0 Å². The summed E-state index contributed by atoms with van der Waals surface area (Å²) in [6.07, 6.45) is 0. The van der Waals surface area contributed by atoms with E-state index in [1.54, 1.807) is 11.7 Å². The summed E-state index contributed by atoms with van der Waals surface area (Å²) in [4.78, 5) is 9.21. The number of nitrogens with one attached hydrogen (secondary N) is 1. The number of hydrogen-bond acceptors (Lipinski definition) is 5. The molecule has 0 atom stereocenters. The van der Waals surface area contributed by atoms with Gasteiger partial charge >= 0.3 is 0 Å². The Bertz CT molecular complexity index is 1060. The predicted octanol–water partition coefficient (Wildman–Crippen LogP) is 3.88. The van der Waals surface area contributed by atoms with E-state index in [-0.39, 0.29) is 0 Å². The number of fused-ring (bicyclic) bond motifs is 1. The predicted molar refractivity (Wildman–Crippen MR) is 105 cm³/mol. The molecule has 0 spiro atoms. The third-order valence-corrected chi connectivity index (χ3v) is 4.40. The number of nitrogens with two attached hydrogens (primary N) is 1. The van der Waals surface area contributed by atoms with Crippen molar-refractivity contribution < 1.29 is 0 Å². The van der Waals surface area contributed by atoms with Crippen molar-refractivity contribution in [3.8, 4) is 11.3 Å².